The van der Waals surface area contributed by atoms with Gasteiger partial charge in [0.05, 0.1) is 8.95 Å². The van der Waals surface area contributed by atoms with Crippen molar-refractivity contribution in [3.8, 4) is 17.2 Å². The lowest BCUT2D eigenvalue weighted by molar-refractivity contribution is -0.135. The number of nitrogens with zero attached hydrogens (tertiary/aromatic N) is 1. The van der Waals surface area contributed by atoms with E-state index in [1.807, 2.05) is 19.9 Å². The summed E-state index contributed by atoms with van der Waals surface area (Å²) in [5, 5.41) is 22.2. The highest BCUT2D eigenvalue weighted by Crippen LogP contribution is 2.41. The molecule has 3 aromatic rings. The van der Waals surface area contributed by atoms with Crippen LogP contribution >= 0.6 is 31.9 Å². The fourth-order valence-corrected chi connectivity index (χ4v) is 4.58. The summed E-state index contributed by atoms with van der Waals surface area (Å²) in [7, 11) is 0. The Kier molecular flexibility index (Phi) is 8.57. The number of nitrogens with one attached hydrogen (secondary N) is 1. The van der Waals surface area contributed by atoms with Crippen LogP contribution in [0, 0.1) is 0 Å². The molecule has 0 radical (unpaired) electrons. The summed E-state index contributed by atoms with van der Waals surface area (Å²) in [5.41, 5.74) is 1.69. The molecule has 7 nitrogen and oxygen atoms in total. The normalized spacial score (nSPS) is 11.5. The van der Waals surface area contributed by atoms with Crippen molar-refractivity contribution in [2.45, 2.75) is 26.2 Å². The molecule has 9 heteroatoms. The van der Waals surface area contributed by atoms with Gasteiger partial charge in [-0.1, -0.05) is 32.0 Å². The second kappa shape index (κ2) is 11.4. The second-order valence-corrected chi connectivity index (χ2v) is 9.36. The van der Waals surface area contributed by atoms with Gasteiger partial charge in [0.15, 0.2) is 5.75 Å². The number of amides is 2. The maximum atomic E-state index is 12.9. The van der Waals surface area contributed by atoms with Gasteiger partial charge in [-0.15, -0.1) is 0 Å². The van der Waals surface area contributed by atoms with E-state index in [2.05, 4.69) is 37.2 Å². The standard InChI is InChI=1S/C25H24Br2N2O5/c1-3-15(2)19-13-18(9-10-22(19)30)34-24-20(26)11-17(12-21(24)27)29(14-23(31)32)25(33)28-16-7-5-4-6-8-16/h4-13,15,30H,3,14H2,1-2H3,(H,28,33)(H,31,32). The van der Waals surface area contributed by atoms with E-state index >= 15 is 0 Å². The number of phenols is 1. The van der Waals surface area contributed by atoms with E-state index in [1.54, 1.807) is 54.6 Å². The number of halogens is 2. The Balaban J connectivity index is 1.90. The number of aromatic hydroxyl groups is 1. The summed E-state index contributed by atoms with van der Waals surface area (Å²) in [6, 6.07) is 16.5. The Morgan fingerprint density at radius 1 is 1.06 bits per heavy atom. The zero-order valence-electron chi connectivity index (χ0n) is 18.6. The summed E-state index contributed by atoms with van der Waals surface area (Å²) in [4.78, 5) is 25.5. The van der Waals surface area contributed by atoms with E-state index in [0.29, 0.717) is 31.8 Å². The monoisotopic (exact) mass is 590 g/mol. The predicted molar refractivity (Wildman–Crippen MR) is 139 cm³/mol. The van der Waals surface area contributed by atoms with Gasteiger partial charge in [-0.25, -0.2) is 4.79 Å². The average molecular weight is 592 g/mol. The first kappa shape index (κ1) is 25.6. The van der Waals surface area contributed by atoms with Crippen molar-refractivity contribution in [2.75, 3.05) is 16.8 Å². The summed E-state index contributed by atoms with van der Waals surface area (Å²) in [6.45, 7) is 3.53. The molecule has 0 saturated carbocycles. The highest BCUT2D eigenvalue weighted by atomic mass is 79.9. The van der Waals surface area contributed by atoms with Crippen molar-refractivity contribution in [2.24, 2.45) is 0 Å². The number of hydrogen-bond donors (Lipinski definition) is 3. The maximum Gasteiger partial charge on any atom is 0.326 e. The van der Waals surface area contributed by atoms with Crippen LogP contribution in [0.25, 0.3) is 0 Å². The average Bonchev–Trinajstić information content (AvgIpc) is 2.80. The number of hydrogen-bond acceptors (Lipinski definition) is 4. The van der Waals surface area contributed by atoms with Gasteiger partial charge in [0.25, 0.3) is 0 Å². The van der Waals surface area contributed by atoms with E-state index in [4.69, 9.17) is 4.74 Å². The quantitative estimate of drug-likeness (QED) is 0.254. The van der Waals surface area contributed by atoms with Crippen molar-refractivity contribution >= 4 is 55.2 Å². The molecule has 0 fully saturated rings. The van der Waals surface area contributed by atoms with Gasteiger partial charge in [-0.05, 0) is 86.7 Å². The van der Waals surface area contributed by atoms with Crippen LogP contribution in [0.1, 0.15) is 31.7 Å². The predicted octanol–water partition coefficient (Wildman–Crippen LogP) is 7.35. The van der Waals surface area contributed by atoms with Gasteiger partial charge >= 0.3 is 12.0 Å². The largest absolute Gasteiger partial charge is 0.508 e. The number of carbonyl (C=O) groups is 2. The Labute approximate surface area is 214 Å². The molecule has 0 saturated heterocycles. The number of phenolic OH excluding ortho intramolecular Hbond substituents is 1. The first-order chi connectivity index (χ1) is 16.2. The van der Waals surface area contributed by atoms with Crippen LogP contribution in [0.4, 0.5) is 16.2 Å². The summed E-state index contributed by atoms with van der Waals surface area (Å²) >= 11 is 6.94. The minimum Gasteiger partial charge on any atom is -0.508 e. The van der Waals surface area contributed by atoms with E-state index in [9.17, 15) is 19.8 Å². The summed E-state index contributed by atoms with van der Waals surface area (Å²) in [5.74, 6) is 0.196. The molecule has 3 rings (SSSR count). The van der Waals surface area contributed by atoms with Crippen LogP contribution in [0.3, 0.4) is 0 Å². The molecule has 2 amide bonds. The van der Waals surface area contributed by atoms with Crippen molar-refractivity contribution < 1.29 is 24.5 Å². The SMILES string of the molecule is CCC(C)c1cc(Oc2c(Br)cc(N(CC(=O)O)C(=O)Nc3ccccc3)cc2Br)ccc1O. The maximum absolute atomic E-state index is 12.9. The number of ether oxygens (including phenoxy) is 1. The van der Waals surface area contributed by atoms with Crippen LogP contribution in [-0.2, 0) is 4.79 Å². The lowest BCUT2D eigenvalue weighted by Crippen LogP contribution is -2.39. The van der Waals surface area contributed by atoms with Gasteiger partial charge in [0.1, 0.15) is 18.0 Å². The number of carboxylic acids is 1. The molecule has 0 aliphatic heterocycles. The van der Waals surface area contributed by atoms with Crippen LogP contribution in [0.2, 0.25) is 0 Å². The molecule has 0 bridgehead atoms. The molecule has 3 N–H and O–H groups in total. The molecular weight excluding hydrogens is 568 g/mol. The van der Waals surface area contributed by atoms with E-state index < -0.39 is 18.5 Å². The van der Waals surface area contributed by atoms with Crippen molar-refractivity contribution in [1.29, 1.82) is 0 Å². The lowest BCUT2D eigenvalue weighted by atomic mass is 9.97. The molecule has 178 valence electrons. The van der Waals surface area contributed by atoms with E-state index in [0.717, 1.165) is 16.9 Å². The number of rotatable bonds is 8. The minimum atomic E-state index is -1.16. The third-order valence-corrected chi connectivity index (χ3v) is 6.40. The number of carbonyl (C=O) groups excluding carboxylic acids is 1. The summed E-state index contributed by atoms with van der Waals surface area (Å²) < 4.78 is 7.09. The summed E-state index contributed by atoms with van der Waals surface area (Å²) in [6.07, 6.45) is 0.865. The van der Waals surface area contributed by atoms with Gasteiger partial charge < -0.3 is 20.3 Å². The minimum absolute atomic E-state index is 0.158. The number of anilines is 2. The van der Waals surface area contributed by atoms with Crippen LogP contribution < -0.4 is 15.0 Å². The Morgan fingerprint density at radius 2 is 1.71 bits per heavy atom. The fraction of sp³-hybridized carbons (Fsp3) is 0.200. The molecule has 0 aliphatic rings. The van der Waals surface area contributed by atoms with Crippen LogP contribution in [0.15, 0.2) is 69.6 Å². The first-order valence-corrected chi connectivity index (χ1v) is 12.1. The smallest absolute Gasteiger partial charge is 0.326 e. The Morgan fingerprint density at radius 3 is 2.29 bits per heavy atom. The highest BCUT2D eigenvalue weighted by Gasteiger charge is 2.22. The second-order valence-electron chi connectivity index (χ2n) is 7.65. The zero-order valence-corrected chi connectivity index (χ0v) is 21.8. The van der Waals surface area contributed by atoms with Crippen LogP contribution in [-0.4, -0.2) is 28.8 Å². The third-order valence-electron chi connectivity index (χ3n) is 5.22. The van der Waals surface area contributed by atoms with Crippen LogP contribution in [0.5, 0.6) is 17.2 Å². The molecular formula is C25H24Br2N2O5. The zero-order chi connectivity index (χ0) is 24.8. The van der Waals surface area contributed by atoms with Crippen molar-refractivity contribution in [1.82, 2.24) is 0 Å². The molecule has 0 heterocycles. The highest BCUT2D eigenvalue weighted by molar-refractivity contribution is 9.11. The van der Waals surface area contributed by atoms with Gasteiger partial charge in [-0.3, -0.25) is 9.69 Å². The van der Waals surface area contributed by atoms with E-state index in [1.165, 1.54) is 0 Å². The van der Waals surface area contributed by atoms with Gasteiger partial charge in [0.2, 0.25) is 0 Å². The van der Waals surface area contributed by atoms with Crippen molar-refractivity contribution in [3.63, 3.8) is 0 Å². The topological polar surface area (TPSA) is 99.1 Å². The number of aliphatic carboxylic acids is 1. The number of benzene rings is 3. The number of urea groups is 1. The van der Waals surface area contributed by atoms with Gasteiger partial charge in [0, 0.05) is 16.9 Å². The molecule has 0 aliphatic carbocycles. The number of para-hydroxylation sites is 1. The van der Waals surface area contributed by atoms with Crippen molar-refractivity contribution in [3.05, 3.63) is 75.2 Å². The fourth-order valence-electron chi connectivity index (χ4n) is 3.26. The first-order valence-electron chi connectivity index (χ1n) is 10.5. The number of carboxylic acid groups (broad SMARTS) is 1. The molecule has 1 atom stereocenters. The molecule has 0 aromatic heterocycles. The third kappa shape index (κ3) is 6.30. The molecule has 3 aromatic carbocycles. The molecule has 1 unspecified atom stereocenters. The van der Waals surface area contributed by atoms with Gasteiger partial charge in [-0.2, -0.15) is 0 Å². The molecule has 34 heavy (non-hydrogen) atoms. The van der Waals surface area contributed by atoms with E-state index in [-0.39, 0.29) is 11.7 Å². The Bertz CT molecular complexity index is 1160. The molecule has 0 spiro atoms. The Hall–Kier alpha value is -3.04. The lowest BCUT2D eigenvalue weighted by Gasteiger charge is -2.23.